The number of carbonyl (C=O) groups is 2. The molecule has 1 fully saturated rings. The van der Waals surface area contributed by atoms with Gasteiger partial charge in [-0.25, -0.2) is 8.42 Å². The molecule has 10 heteroatoms. The third-order valence-corrected chi connectivity index (χ3v) is 8.93. The van der Waals surface area contributed by atoms with Crippen molar-refractivity contribution in [1.29, 1.82) is 0 Å². The normalized spacial score (nSPS) is 18.1. The zero-order valence-electron chi connectivity index (χ0n) is 18.4. The highest BCUT2D eigenvalue weighted by atomic mass is 32.2. The van der Waals surface area contributed by atoms with E-state index in [2.05, 4.69) is 10.3 Å². The molecule has 2 aromatic heterocycles. The van der Waals surface area contributed by atoms with Gasteiger partial charge in [0.2, 0.25) is 0 Å². The van der Waals surface area contributed by atoms with Gasteiger partial charge in [0.15, 0.2) is 6.10 Å². The van der Waals surface area contributed by atoms with E-state index >= 15 is 0 Å². The molecule has 33 heavy (non-hydrogen) atoms. The molecule has 3 heterocycles. The summed E-state index contributed by atoms with van der Waals surface area (Å²) in [6.07, 6.45) is 1.70. The Bertz CT molecular complexity index is 1280. The van der Waals surface area contributed by atoms with E-state index in [0.717, 1.165) is 15.8 Å². The molecular weight excluding hydrogens is 462 g/mol. The van der Waals surface area contributed by atoms with Crippen molar-refractivity contribution in [1.82, 2.24) is 9.29 Å². The SMILES string of the molecule is Cc1ccc(S(=O)(=O)N2CCC[C@@H](C(=O)O[C@H](C)C(=O)Nc3cccc4ncccc34)C2)s1. The smallest absolute Gasteiger partial charge is 0.311 e. The molecule has 0 saturated carbocycles. The Balaban J connectivity index is 1.39. The maximum Gasteiger partial charge on any atom is 0.311 e. The highest BCUT2D eigenvalue weighted by Gasteiger charge is 2.35. The van der Waals surface area contributed by atoms with Crippen molar-refractivity contribution < 1.29 is 22.7 Å². The summed E-state index contributed by atoms with van der Waals surface area (Å²) in [6.45, 7) is 3.75. The second-order valence-corrected chi connectivity index (χ2v) is 11.5. The van der Waals surface area contributed by atoms with Gasteiger partial charge in [-0.1, -0.05) is 6.07 Å². The molecule has 1 N–H and O–H groups in total. The lowest BCUT2D eigenvalue weighted by Crippen LogP contribution is -2.43. The minimum Gasteiger partial charge on any atom is -0.452 e. The average molecular weight is 488 g/mol. The zero-order chi connectivity index (χ0) is 23.6. The van der Waals surface area contributed by atoms with Crippen molar-refractivity contribution in [3.63, 3.8) is 0 Å². The Morgan fingerprint density at radius 2 is 2.03 bits per heavy atom. The van der Waals surface area contributed by atoms with Gasteiger partial charge in [0, 0.05) is 29.5 Å². The van der Waals surface area contributed by atoms with Crippen LogP contribution in [0, 0.1) is 12.8 Å². The van der Waals surface area contributed by atoms with Crippen LogP contribution in [0.1, 0.15) is 24.6 Å². The van der Waals surface area contributed by atoms with Crippen LogP contribution in [0.15, 0.2) is 52.9 Å². The summed E-state index contributed by atoms with van der Waals surface area (Å²) < 4.78 is 32.9. The first-order valence-corrected chi connectivity index (χ1v) is 12.9. The minimum atomic E-state index is -3.66. The number of ether oxygens (including phenoxy) is 1. The average Bonchev–Trinajstić information content (AvgIpc) is 3.26. The Morgan fingerprint density at radius 3 is 2.79 bits per heavy atom. The Morgan fingerprint density at radius 1 is 1.21 bits per heavy atom. The number of esters is 1. The van der Waals surface area contributed by atoms with E-state index in [9.17, 15) is 18.0 Å². The standard InChI is InChI=1S/C23H25N3O5S2/c1-15-10-11-21(32-15)33(29,30)26-13-5-6-17(14-26)23(28)31-16(2)22(27)25-20-9-3-8-19-18(20)7-4-12-24-19/h3-4,7-12,16-17H,5-6,13-14H2,1-2H3,(H,25,27)/t16-,17-/m1/s1. The number of carbonyl (C=O) groups excluding carboxylic acids is 2. The second kappa shape index (κ2) is 9.58. The van der Waals surface area contributed by atoms with Gasteiger partial charge in [-0.05, 0) is 63.1 Å². The number of hydrogen-bond donors (Lipinski definition) is 1. The van der Waals surface area contributed by atoms with Gasteiger partial charge in [-0.3, -0.25) is 14.6 Å². The fraction of sp³-hybridized carbons (Fsp3) is 0.348. The molecule has 4 rings (SSSR count). The maximum absolute atomic E-state index is 12.9. The van der Waals surface area contributed by atoms with Crippen molar-refractivity contribution in [3.05, 3.63) is 53.5 Å². The molecule has 1 saturated heterocycles. The lowest BCUT2D eigenvalue weighted by molar-refractivity contribution is -0.158. The van der Waals surface area contributed by atoms with E-state index in [1.54, 1.807) is 36.5 Å². The molecular formula is C23H25N3O5S2. The van der Waals surface area contributed by atoms with Gasteiger partial charge < -0.3 is 10.1 Å². The van der Waals surface area contributed by atoms with Crippen LogP contribution >= 0.6 is 11.3 Å². The predicted octanol–water partition coefficient (Wildman–Crippen LogP) is 3.58. The third-order valence-electron chi connectivity index (χ3n) is 5.59. The predicted molar refractivity (Wildman–Crippen MR) is 126 cm³/mol. The molecule has 8 nitrogen and oxygen atoms in total. The Hall–Kier alpha value is -2.82. The van der Waals surface area contributed by atoms with Crippen molar-refractivity contribution in [2.24, 2.45) is 5.92 Å². The van der Waals surface area contributed by atoms with Crippen molar-refractivity contribution >= 4 is 49.8 Å². The number of nitrogens with one attached hydrogen (secondary N) is 1. The number of thiophene rings is 1. The number of pyridine rings is 1. The van der Waals surface area contributed by atoms with Gasteiger partial charge in [0.05, 0.1) is 17.1 Å². The van der Waals surface area contributed by atoms with Crippen LogP contribution in [0.5, 0.6) is 0 Å². The summed E-state index contributed by atoms with van der Waals surface area (Å²) in [5, 5.41) is 3.57. The first-order valence-electron chi connectivity index (χ1n) is 10.7. The van der Waals surface area contributed by atoms with Crippen molar-refractivity contribution in [2.45, 2.75) is 37.0 Å². The molecule has 2 atom stereocenters. The minimum absolute atomic E-state index is 0.0431. The fourth-order valence-electron chi connectivity index (χ4n) is 3.80. The molecule has 3 aromatic rings. The number of fused-ring (bicyclic) bond motifs is 1. The van der Waals surface area contributed by atoms with Gasteiger partial charge in [0.25, 0.3) is 15.9 Å². The van der Waals surface area contributed by atoms with Crippen LogP contribution in [-0.4, -0.2) is 48.8 Å². The number of aromatic nitrogens is 1. The van der Waals surface area contributed by atoms with Crippen molar-refractivity contribution in [2.75, 3.05) is 18.4 Å². The van der Waals surface area contributed by atoms with E-state index in [4.69, 9.17) is 4.74 Å². The topological polar surface area (TPSA) is 106 Å². The van der Waals surface area contributed by atoms with Crippen LogP contribution in [0.4, 0.5) is 5.69 Å². The van der Waals surface area contributed by atoms with Gasteiger partial charge in [0.1, 0.15) is 4.21 Å². The molecule has 0 unspecified atom stereocenters. The van der Waals surface area contributed by atoms with Crippen LogP contribution < -0.4 is 5.32 Å². The van der Waals surface area contributed by atoms with Crippen molar-refractivity contribution in [3.8, 4) is 0 Å². The summed E-state index contributed by atoms with van der Waals surface area (Å²) in [5.41, 5.74) is 1.32. The van der Waals surface area contributed by atoms with Crippen LogP contribution in [0.2, 0.25) is 0 Å². The zero-order valence-corrected chi connectivity index (χ0v) is 20.0. The lowest BCUT2D eigenvalue weighted by atomic mass is 10.00. The number of nitrogens with zero attached hydrogens (tertiary/aromatic N) is 2. The van der Waals surface area contributed by atoms with E-state index in [1.165, 1.54) is 22.6 Å². The lowest BCUT2D eigenvalue weighted by Gasteiger charge is -2.30. The van der Waals surface area contributed by atoms with E-state index < -0.39 is 33.9 Å². The number of hydrogen-bond acceptors (Lipinski definition) is 7. The summed E-state index contributed by atoms with van der Waals surface area (Å²) >= 11 is 1.21. The van der Waals surface area contributed by atoms with Crippen LogP contribution in [0.25, 0.3) is 10.9 Å². The van der Waals surface area contributed by atoms with E-state index in [1.807, 2.05) is 19.1 Å². The number of aryl methyl sites for hydroxylation is 1. The van der Waals surface area contributed by atoms with E-state index in [-0.39, 0.29) is 10.8 Å². The van der Waals surface area contributed by atoms with Gasteiger partial charge in [-0.2, -0.15) is 4.31 Å². The third kappa shape index (κ3) is 5.07. The molecule has 0 spiro atoms. The maximum atomic E-state index is 12.9. The molecule has 0 aliphatic carbocycles. The number of sulfonamides is 1. The highest BCUT2D eigenvalue weighted by molar-refractivity contribution is 7.91. The van der Waals surface area contributed by atoms with Crippen LogP contribution in [-0.2, 0) is 24.3 Å². The summed E-state index contributed by atoms with van der Waals surface area (Å²) in [5.74, 6) is -1.65. The Labute approximate surface area is 196 Å². The Kier molecular flexibility index (Phi) is 6.78. The van der Waals surface area contributed by atoms with Gasteiger partial charge in [-0.15, -0.1) is 11.3 Å². The van der Waals surface area contributed by atoms with Gasteiger partial charge >= 0.3 is 5.97 Å². The molecule has 1 aliphatic rings. The first kappa shape index (κ1) is 23.3. The fourth-order valence-corrected chi connectivity index (χ4v) is 6.76. The summed E-state index contributed by atoms with van der Waals surface area (Å²) in [4.78, 5) is 30.6. The number of benzene rings is 1. The molecule has 0 radical (unpaired) electrons. The second-order valence-electron chi connectivity index (χ2n) is 8.01. The number of anilines is 1. The summed E-state index contributed by atoms with van der Waals surface area (Å²) in [6, 6.07) is 12.4. The molecule has 1 aromatic carbocycles. The first-order chi connectivity index (χ1) is 15.8. The summed E-state index contributed by atoms with van der Waals surface area (Å²) in [7, 11) is -3.66. The molecule has 174 valence electrons. The monoisotopic (exact) mass is 487 g/mol. The molecule has 1 aliphatic heterocycles. The molecule has 1 amide bonds. The number of piperidine rings is 1. The largest absolute Gasteiger partial charge is 0.452 e. The number of rotatable bonds is 6. The van der Waals surface area contributed by atoms with E-state index in [0.29, 0.717) is 25.1 Å². The quantitative estimate of drug-likeness (QED) is 0.533. The highest BCUT2D eigenvalue weighted by Crippen LogP contribution is 2.29. The number of amides is 1. The van der Waals surface area contributed by atoms with Crippen LogP contribution in [0.3, 0.4) is 0 Å². The molecule has 0 bridgehead atoms.